The van der Waals surface area contributed by atoms with Gasteiger partial charge in [-0.05, 0) is 37.1 Å². The molecule has 1 amide bonds. The van der Waals surface area contributed by atoms with Crippen LogP contribution in [0.2, 0.25) is 0 Å². The molecular formula is C13H18N2O4S. The summed E-state index contributed by atoms with van der Waals surface area (Å²) in [5.41, 5.74) is 0.552. The summed E-state index contributed by atoms with van der Waals surface area (Å²) in [5.74, 6) is -0.208. The second kappa shape index (κ2) is 5.90. The molecule has 2 N–H and O–H groups in total. The van der Waals surface area contributed by atoms with Crippen LogP contribution >= 0.6 is 0 Å². The van der Waals surface area contributed by atoms with Crippen LogP contribution in [0.5, 0.6) is 0 Å². The SMILES string of the molecule is CC(=O)Nc1ccc(S(=O)(=O)N2CCC[C@@H]2CO)cc1. The van der Waals surface area contributed by atoms with Gasteiger partial charge in [0, 0.05) is 25.2 Å². The Labute approximate surface area is 118 Å². The molecule has 1 heterocycles. The van der Waals surface area contributed by atoms with E-state index in [1.165, 1.54) is 23.4 Å². The molecule has 1 aliphatic rings. The van der Waals surface area contributed by atoms with Crippen LogP contribution in [0, 0.1) is 0 Å². The van der Waals surface area contributed by atoms with E-state index in [9.17, 15) is 18.3 Å². The zero-order valence-electron chi connectivity index (χ0n) is 11.2. The van der Waals surface area contributed by atoms with Crippen LogP contribution in [-0.4, -0.2) is 42.9 Å². The molecule has 0 saturated carbocycles. The van der Waals surface area contributed by atoms with Gasteiger partial charge >= 0.3 is 0 Å². The van der Waals surface area contributed by atoms with Gasteiger partial charge in [0.2, 0.25) is 15.9 Å². The number of benzene rings is 1. The first-order valence-corrected chi connectivity index (χ1v) is 7.89. The van der Waals surface area contributed by atoms with Crippen molar-refractivity contribution in [1.29, 1.82) is 0 Å². The van der Waals surface area contributed by atoms with E-state index in [-0.39, 0.29) is 23.5 Å². The van der Waals surface area contributed by atoms with Crippen LogP contribution < -0.4 is 5.32 Å². The van der Waals surface area contributed by atoms with Gasteiger partial charge in [-0.1, -0.05) is 0 Å². The molecule has 1 atom stereocenters. The Kier molecular flexibility index (Phi) is 4.42. The minimum absolute atomic E-state index is 0.163. The van der Waals surface area contributed by atoms with Gasteiger partial charge in [-0.2, -0.15) is 4.31 Å². The topological polar surface area (TPSA) is 86.7 Å². The van der Waals surface area contributed by atoms with Crippen molar-refractivity contribution in [2.45, 2.75) is 30.7 Å². The van der Waals surface area contributed by atoms with E-state index in [1.807, 2.05) is 0 Å². The molecule has 0 bridgehead atoms. The maximum absolute atomic E-state index is 12.5. The second-order valence-corrected chi connectivity index (χ2v) is 6.69. The number of carbonyl (C=O) groups excluding carboxylic acids is 1. The fraction of sp³-hybridized carbons (Fsp3) is 0.462. The molecule has 0 radical (unpaired) electrons. The summed E-state index contributed by atoms with van der Waals surface area (Å²) >= 11 is 0. The van der Waals surface area contributed by atoms with Gasteiger partial charge in [0.15, 0.2) is 0 Å². The normalized spacial score (nSPS) is 20.0. The van der Waals surface area contributed by atoms with Crippen molar-refractivity contribution < 1.29 is 18.3 Å². The largest absolute Gasteiger partial charge is 0.395 e. The second-order valence-electron chi connectivity index (χ2n) is 4.80. The Morgan fingerprint density at radius 1 is 1.40 bits per heavy atom. The third kappa shape index (κ3) is 3.00. The van der Waals surface area contributed by atoms with E-state index < -0.39 is 10.0 Å². The summed E-state index contributed by atoms with van der Waals surface area (Å²) in [6.07, 6.45) is 1.44. The van der Waals surface area contributed by atoms with Crippen LogP contribution in [0.4, 0.5) is 5.69 Å². The van der Waals surface area contributed by atoms with Crippen molar-refractivity contribution in [3.63, 3.8) is 0 Å². The quantitative estimate of drug-likeness (QED) is 0.860. The fourth-order valence-corrected chi connectivity index (χ4v) is 4.04. The van der Waals surface area contributed by atoms with Gasteiger partial charge in [-0.15, -0.1) is 0 Å². The van der Waals surface area contributed by atoms with Gasteiger partial charge < -0.3 is 10.4 Å². The van der Waals surface area contributed by atoms with Crippen molar-refractivity contribution in [2.75, 3.05) is 18.5 Å². The predicted molar refractivity (Wildman–Crippen MR) is 74.7 cm³/mol. The van der Waals surface area contributed by atoms with Crippen molar-refractivity contribution in [1.82, 2.24) is 4.31 Å². The van der Waals surface area contributed by atoms with Crippen LogP contribution in [0.3, 0.4) is 0 Å². The molecule has 1 aromatic carbocycles. The van der Waals surface area contributed by atoms with Gasteiger partial charge in [-0.25, -0.2) is 8.42 Å². The number of rotatable bonds is 4. The monoisotopic (exact) mass is 298 g/mol. The Morgan fingerprint density at radius 3 is 2.60 bits per heavy atom. The Balaban J connectivity index is 2.23. The Morgan fingerprint density at radius 2 is 2.05 bits per heavy atom. The highest BCUT2D eigenvalue weighted by Gasteiger charge is 2.34. The standard InChI is InChI=1S/C13H18N2O4S/c1-10(17)14-11-4-6-13(7-5-11)20(18,19)15-8-2-3-12(15)9-16/h4-7,12,16H,2-3,8-9H2,1H3,(H,14,17)/t12-/m1/s1. The summed E-state index contributed by atoms with van der Waals surface area (Å²) in [7, 11) is -3.58. The Bertz CT molecular complexity index is 583. The number of anilines is 1. The molecule has 1 fully saturated rings. The number of hydrogen-bond acceptors (Lipinski definition) is 4. The Hall–Kier alpha value is -1.44. The van der Waals surface area contributed by atoms with E-state index in [0.717, 1.165) is 6.42 Å². The molecule has 7 heteroatoms. The maximum Gasteiger partial charge on any atom is 0.243 e. The van der Waals surface area contributed by atoms with Crippen LogP contribution in [0.25, 0.3) is 0 Å². The highest BCUT2D eigenvalue weighted by Crippen LogP contribution is 2.26. The highest BCUT2D eigenvalue weighted by atomic mass is 32.2. The summed E-state index contributed by atoms with van der Waals surface area (Å²) in [6.45, 7) is 1.66. The molecule has 110 valence electrons. The lowest BCUT2D eigenvalue weighted by atomic mass is 10.2. The van der Waals surface area contributed by atoms with Crippen molar-refractivity contribution in [3.05, 3.63) is 24.3 Å². The average molecular weight is 298 g/mol. The first-order chi connectivity index (χ1) is 9.45. The third-order valence-electron chi connectivity index (χ3n) is 3.32. The van der Waals surface area contributed by atoms with Crippen molar-refractivity contribution in [2.24, 2.45) is 0 Å². The molecule has 1 aromatic rings. The van der Waals surface area contributed by atoms with Crippen LogP contribution in [0.1, 0.15) is 19.8 Å². The molecule has 0 spiro atoms. The summed E-state index contributed by atoms with van der Waals surface area (Å²) in [4.78, 5) is 11.1. The number of sulfonamides is 1. The lowest BCUT2D eigenvalue weighted by molar-refractivity contribution is -0.114. The van der Waals surface area contributed by atoms with Gasteiger partial charge in [0.1, 0.15) is 0 Å². The first kappa shape index (κ1) is 15.0. The molecule has 20 heavy (non-hydrogen) atoms. The van der Waals surface area contributed by atoms with E-state index in [0.29, 0.717) is 18.7 Å². The smallest absolute Gasteiger partial charge is 0.243 e. The number of aliphatic hydroxyl groups excluding tert-OH is 1. The zero-order chi connectivity index (χ0) is 14.8. The third-order valence-corrected chi connectivity index (χ3v) is 5.28. The summed E-state index contributed by atoms with van der Waals surface area (Å²) in [5, 5.41) is 11.8. The summed E-state index contributed by atoms with van der Waals surface area (Å²) in [6, 6.07) is 5.70. The van der Waals surface area contributed by atoms with E-state index in [2.05, 4.69) is 5.32 Å². The average Bonchev–Trinajstić information content (AvgIpc) is 2.87. The molecule has 0 aliphatic carbocycles. The maximum atomic E-state index is 12.5. The number of carbonyl (C=O) groups is 1. The number of nitrogens with one attached hydrogen (secondary N) is 1. The highest BCUT2D eigenvalue weighted by molar-refractivity contribution is 7.89. The van der Waals surface area contributed by atoms with Gasteiger partial charge in [-0.3, -0.25) is 4.79 Å². The van der Waals surface area contributed by atoms with E-state index >= 15 is 0 Å². The number of hydrogen-bond donors (Lipinski definition) is 2. The van der Waals surface area contributed by atoms with E-state index in [4.69, 9.17) is 0 Å². The van der Waals surface area contributed by atoms with Crippen LogP contribution in [-0.2, 0) is 14.8 Å². The molecule has 6 nitrogen and oxygen atoms in total. The fourth-order valence-electron chi connectivity index (χ4n) is 2.36. The lowest BCUT2D eigenvalue weighted by Crippen LogP contribution is -2.37. The molecule has 1 aliphatic heterocycles. The zero-order valence-corrected chi connectivity index (χ0v) is 12.1. The molecule has 0 unspecified atom stereocenters. The summed E-state index contributed by atoms with van der Waals surface area (Å²) < 4.78 is 26.3. The van der Waals surface area contributed by atoms with Crippen LogP contribution in [0.15, 0.2) is 29.2 Å². The molecule has 1 saturated heterocycles. The van der Waals surface area contributed by atoms with Gasteiger partial charge in [0.05, 0.1) is 11.5 Å². The minimum Gasteiger partial charge on any atom is -0.395 e. The molecule has 0 aromatic heterocycles. The minimum atomic E-state index is -3.58. The number of aliphatic hydroxyl groups is 1. The van der Waals surface area contributed by atoms with Gasteiger partial charge in [0.25, 0.3) is 0 Å². The predicted octanol–water partition coefficient (Wildman–Crippen LogP) is 0.790. The lowest BCUT2D eigenvalue weighted by Gasteiger charge is -2.22. The first-order valence-electron chi connectivity index (χ1n) is 6.45. The molecular weight excluding hydrogens is 280 g/mol. The van der Waals surface area contributed by atoms with Crippen molar-refractivity contribution in [3.8, 4) is 0 Å². The van der Waals surface area contributed by atoms with E-state index in [1.54, 1.807) is 12.1 Å². The number of amides is 1. The number of nitrogens with zero attached hydrogens (tertiary/aromatic N) is 1. The van der Waals surface area contributed by atoms with Crippen molar-refractivity contribution >= 4 is 21.6 Å². The molecule has 2 rings (SSSR count).